The number of alkyl halides is 3. The Morgan fingerprint density at radius 2 is 1.91 bits per heavy atom. The summed E-state index contributed by atoms with van der Waals surface area (Å²) in [5, 5.41) is 10.8. The summed E-state index contributed by atoms with van der Waals surface area (Å²) in [6.07, 6.45) is 2.36. The van der Waals surface area contributed by atoms with Crippen molar-refractivity contribution in [2.24, 2.45) is 4.99 Å². The number of fused-ring (bicyclic) bond motifs is 1. The zero-order chi connectivity index (χ0) is 24.3. The molecule has 2 unspecified atom stereocenters. The number of benzene rings is 1. The molecule has 0 fully saturated rings. The second-order valence-electron chi connectivity index (χ2n) is 8.35. The lowest BCUT2D eigenvalue weighted by Gasteiger charge is -2.17. The highest BCUT2D eigenvalue weighted by Gasteiger charge is 2.37. The van der Waals surface area contributed by atoms with Crippen LogP contribution in [0.4, 0.5) is 13.2 Å². The van der Waals surface area contributed by atoms with Crippen molar-refractivity contribution in [1.29, 1.82) is 5.26 Å². The van der Waals surface area contributed by atoms with Crippen molar-refractivity contribution in [1.82, 2.24) is 9.29 Å². The predicted octanol–water partition coefficient (Wildman–Crippen LogP) is 6.09. The molecule has 0 amide bonds. The maximum Gasteiger partial charge on any atom is 0.404 e. The molecule has 9 heteroatoms. The fourth-order valence-electron chi connectivity index (χ4n) is 3.75. The second-order valence-corrected chi connectivity index (χ2v) is 9.60. The summed E-state index contributed by atoms with van der Waals surface area (Å²) < 4.78 is 55.5. The number of hydrogen-bond donors (Lipinski definition) is 1. The highest BCUT2D eigenvalue weighted by atomic mass is 32.2. The quantitative estimate of drug-likeness (QED) is 0.568. The SMILES string of the molecule is Cc1ccc2c(c1)c(C#N)c(C1=C/CCC\C=C(S(=O)NC(C)C(F)(F)F)/C=N/1)n2C(C)C. The molecule has 2 heterocycles. The third kappa shape index (κ3) is 5.45. The molecule has 2 aromatic rings. The summed E-state index contributed by atoms with van der Waals surface area (Å²) in [5.41, 5.74) is 3.65. The van der Waals surface area contributed by atoms with E-state index in [1.165, 1.54) is 6.21 Å². The number of allylic oxidation sites excluding steroid dienone is 3. The van der Waals surface area contributed by atoms with E-state index in [4.69, 9.17) is 0 Å². The molecule has 1 aliphatic heterocycles. The summed E-state index contributed by atoms with van der Waals surface area (Å²) in [6, 6.07) is 6.38. The van der Waals surface area contributed by atoms with Gasteiger partial charge in [-0.1, -0.05) is 23.8 Å². The Balaban J connectivity index is 2.08. The zero-order valence-electron chi connectivity index (χ0n) is 19.0. The maximum atomic E-state index is 12.9. The second kappa shape index (κ2) is 10.1. The van der Waals surface area contributed by atoms with Gasteiger partial charge in [0, 0.05) is 17.6 Å². The number of hydrogen-bond acceptors (Lipinski definition) is 3. The van der Waals surface area contributed by atoms with Gasteiger partial charge in [0.2, 0.25) is 0 Å². The monoisotopic (exact) mass is 476 g/mol. The maximum absolute atomic E-state index is 12.9. The summed E-state index contributed by atoms with van der Waals surface area (Å²) in [5.74, 6) is 0. The number of halogens is 3. The number of nitrogens with one attached hydrogen (secondary N) is 1. The van der Waals surface area contributed by atoms with Crippen LogP contribution in [0.5, 0.6) is 0 Å². The van der Waals surface area contributed by atoms with Gasteiger partial charge in [0.05, 0.1) is 27.4 Å². The minimum Gasteiger partial charge on any atom is -0.336 e. The molecule has 0 saturated heterocycles. The number of rotatable bonds is 5. The van der Waals surface area contributed by atoms with E-state index in [9.17, 15) is 22.6 Å². The van der Waals surface area contributed by atoms with Crippen LogP contribution in [0.2, 0.25) is 0 Å². The van der Waals surface area contributed by atoms with Crippen LogP contribution < -0.4 is 4.72 Å². The Kier molecular flexibility index (Phi) is 7.60. The van der Waals surface area contributed by atoms with Gasteiger partial charge < -0.3 is 4.57 Å². The normalized spacial score (nSPS) is 21.2. The molecule has 0 bridgehead atoms. The molecular formula is C24H27F3N4OS. The number of nitriles is 1. The summed E-state index contributed by atoms with van der Waals surface area (Å²) in [4.78, 5) is 4.72. The van der Waals surface area contributed by atoms with E-state index in [-0.39, 0.29) is 10.9 Å². The average Bonchev–Trinajstić information content (AvgIpc) is 3.11. The van der Waals surface area contributed by atoms with Crippen molar-refractivity contribution < 1.29 is 17.4 Å². The van der Waals surface area contributed by atoms with Gasteiger partial charge in [0.1, 0.15) is 23.1 Å². The molecular weight excluding hydrogens is 449 g/mol. The molecule has 0 spiro atoms. The highest BCUT2D eigenvalue weighted by Crippen LogP contribution is 2.35. The third-order valence-corrected chi connectivity index (χ3v) is 6.71. The molecule has 5 nitrogen and oxygen atoms in total. The Bertz CT molecular complexity index is 1200. The van der Waals surface area contributed by atoms with Gasteiger partial charge in [-0.3, -0.25) is 4.99 Å². The lowest BCUT2D eigenvalue weighted by molar-refractivity contribution is -0.146. The van der Waals surface area contributed by atoms with Gasteiger partial charge in [0.15, 0.2) is 0 Å². The summed E-state index contributed by atoms with van der Waals surface area (Å²) in [7, 11) is -2.08. The standard InChI is InChI=1S/C24H27F3N4OS/c1-15(2)31-22-11-10-16(3)12-19(22)20(13-28)23(31)21-9-7-5-6-8-18(14-29-21)33(32)30-17(4)24(25,26)27/h8-12,14-15,17,30H,5-7H2,1-4H3/b18-8+,21-9+,29-14+. The molecule has 176 valence electrons. The van der Waals surface area contributed by atoms with Crippen LogP contribution in [0.1, 0.15) is 62.9 Å². The van der Waals surface area contributed by atoms with Crippen molar-refractivity contribution in [3.8, 4) is 6.07 Å². The van der Waals surface area contributed by atoms with Crippen LogP contribution in [0.15, 0.2) is 40.2 Å². The largest absolute Gasteiger partial charge is 0.404 e. The zero-order valence-corrected chi connectivity index (χ0v) is 19.8. The molecule has 3 rings (SSSR count). The first-order valence-corrected chi connectivity index (χ1v) is 11.9. The molecule has 2 atom stereocenters. The van der Waals surface area contributed by atoms with Crippen LogP contribution in [0.25, 0.3) is 16.6 Å². The number of nitrogens with zero attached hydrogens (tertiary/aromatic N) is 3. The van der Waals surface area contributed by atoms with E-state index in [0.29, 0.717) is 36.2 Å². The number of aliphatic imine (C=N–C) groups is 1. The van der Waals surface area contributed by atoms with Crippen LogP contribution >= 0.6 is 0 Å². The fraction of sp³-hybridized carbons (Fsp3) is 0.417. The van der Waals surface area contributed by atoms with Crippen LogP contribution in [-0.2, 0) is 11.0 Å². The fourth-order valence-corrected chi connectivity index (χ4v) is 4.75. The highest BCUT2D eigenvalue weighted by molar-refractivity contribution is 7.88. The first kappa shape index (κ1) is 24.9. The van der Waals surface area contributed by atoms with Crippen molar-refractivity contribution in [3.63, 3.8) is 0 Å². The minimum atomic E-state index is -4.50. The Hall–Kier alpha value is -2.70. The van der Waals surface area contributed by atoms with Crippen LogP contribution in [0, 0.1) is 18.3 Å². The van der Waals surface area contributed by atoms with Gasteiger partial charge in [-0.2, -0.15) is 18.4 Å². The summed E-state index contributed by atoms with van der Waals surface area (Å²) in [6.45, 7) is 6.93. The first-order valence-electron chi connectivity index (χ1n) is 10.8. The van der Waals surface area contributed by atoms with Crippen LogP contribution in [-0.4, -0.2) is 27.2 Å². The molecule has 0 saturated carbocycles. The molecule has 1 aromatic carbocycles. The van der Waals surface area contributed by atoms with E-state index in [1.807, 2.05) is 45.0 Å². The Labute approximate surface area is 194 Å². The third-order valence-electron chi connectivity index (χ3n) is 5.44. The Morgan fingerprint density at radius 3 is 2.55 bits per heavy atom. The van der Waals surface area contributed by atoms with Gasteiger partial charge in [-0.15, -0.1) is 0 Å². The molecule has 1 aliphatic rings. The first-order chi connectivity index (χ1) is 15.5. The molecule has 1 N–H and O–H groups in total. The van der Waals surface area contributed by atoms with Crippen molar-refractivity contribution in [3.05, 3.63) is 52.1 Å². The molecule has 0 aliphatic carbocycles. The minimum absolute atomic E-state index is 0.0366. The lowest BCUT2D eigenvalue weighted by atomic mass is 10.1. The van der Waals surface area contributed by atoms with E-state index >= 15 is 0 Å². The average molecular weight is 477 g/mol. The van der Waals surface area contributed by atoms with E-state index in [2.05, 4.69) is 20.4 Å². The van der Waals surface area contributed by atoms with Crippen molar-refractivity contribution in [2.75, 3.05) is 0 Å². The molecule has 1 aromatic heterocycles. The van der Waals surface area contributed by atoms with Crippen LogP contribution in [0.3, 0.4) is 0 Å². The van der Waals surface area contributed by atoms with E-state index in [0.717, 1.165) is 23.4 Å². The van der Waals surface area contributed by atoms with Gasteiger partial charge >= 0.3 is 6.18 Å². The lowest BCUT2D eigenvalue weighted by Crippen LogP contribution is -2.41. The summed E-state index contributed by atoms with van der Waals surface area (Å²) >= 11 is 0. The smallest absolute Gasteiger partial charge is 0.336 e. The Morgan fingerprint density at radius 1 is 1.21 bits per heavy atom. The van der Waals surface area contributed by atoms with Crippen molar-refractivity contribution in [2.45, 2.75) is 65.2 Å². The van der Waals surface area contributed by atoms with E-state index in [1.54, 1.807) is 6.08 Å². The predicted molar refractivity (Wildman–Crippen MR) is 127 cm³/mol. The topological polar surface area (TPSA) is 70.2 Å². The van der Waals surface area contributed by atoms with Gasteiger partial charge in [-0.05, 0) is 59.1 Å². The van der Waals surface area contributed by atoms with Gasteiger partial charge in [-0.25, -0.2) is 8.93 Å². The van der Waals surface area contributed by atoms with Crippen molar-refractivity contribution >= 4 is 33.8 Å². The van der Waals surface area contributed by atoms with Gasteiger partial charge in [0.25, 0.3) is 0 Å². The number of aromatic nitrogens is 1. The molecule has 33 heavy (non-hydrogen) atoms. The molecule has 0 radical (unpaired) electrons. The van der Waals surface area contributed by atoms with E-state index < -0.39 is 23.2 Å². The number of aryl methyl sites for hydroxylation is 1.